The van der Waals surface area contributed by atoms with Gasteiger partial charge in [0.1, 0.15) is 11.6 Å². The molecule has 2 aromatic rings. The van der Waals surface area contributed by atoms with Crippen LogP contribution in [0.4, 0.5) is 15.8 Å². The van der Waals surface area contributed by atoms with E-state index in [1.807, 2.05) is 0 Å². The summed E-state index contributed by atoms with van der Waals surface area (Å²) in [6.07, 6.45) is 0.104. The Labute approximate surface area is 126 Å². The Morgan fingerprint density at radius 1 is 1.24 bits per heavy atom. The summed E-state index contributed by atoms with van der Waals surface area (Å²) in [6.45, 7) is 0.185. The van der Waals surface area contributed by atoms with Gasteiger partial charge in [-0.15, -0.1) is 0 Å². The van der Waals surface area contributed by atoms with E-state index in [1.165, 1.54) is 12.1 Å². The molecule has 0 aliphatic carbocycles. The summed E-state index contributed by atoms with van der Waals surface area (Å²) in [4.78, 5) is 11.7. The zero-order valence-corrected chi connectivity index (χ0v) is 11.9. The summed E-state index contributed by atoms with van der Waals surface area (Å²) in [5.41, 5.74) is 6.28. The quantitative estimate of drug-likeness (QED) is 0.831. The number of ether oxygens (including phenoxy) is 1. The third kappa shape index (κ3) is 4.65. The Kier molecular flexibility index (Phi) is 5.00. The highest BCUT2D eigenvalue weighted by molar-refractivity contribution is 6.30. The number of nitrogens with two attached hydrogens (primary N) is 1. The van der Waals surface area contributed by atoms with Gasteiger partial charge in [0.15, 0.2) is 0 Å². The molecule has 0 atom stereocenters. The van der Waals surface area contributed by atoms with Crippen molar-refractivity contribution in [3.63, 3.8) is 0 Å². The van der Waals surface area contributed by atoms with E-state index in [1.54, 1.807) is 24.3 Å². The molecule has 3 N–H and O–H groups in total. The highest BCUT2D eigenvalue weighted by Gasteiger charge is 2.07. The number of carbonyl (C=O) groups excluding carboxylic acids is 1. The van der Waals surface area contributed by atoms with Crippen molar-refractivity contribution in [2.24, 2.45) is 0 Å². The lowest BCUT2D eigenvalue weighted by Gasteiger charge is -2.08. The topological polar surface area (TPSA) is 64.3 Å². The minimum atomic E-state index is -0.574. The largest absolute Gasteiger partial charge is 0.493 e. The second kappa shape index (κ2) is 6.95. The first kappa shape index (κ1) is 15.1. The predicted molar refractivity (Wildman–Crippen MR) is 81.0 cm³/mol. The number of rotatable bonds is 5. The molecule has 1 amide bonds. The fourth-order valence-electron chi connectivity index (χ4n) is 1.63. The van der Waals surface area contributed by atoms with Gasteiger partial charge in [-0.3, -0.25) is 4.79 Å². The van der Waals surface area contributed by atoms with Crippen molar-refractivity contribution >= 4 is 28.9 Å². The van der Waals surface area contributed by atoms with Crippen LogP contribution in [0.3, 0.4) is 0 Å². The molecule has 0 heterocycles. The van der Waals surface area contributed by atoms with Crippen LogP contribution in [-0.2, 0) is 4.79 Å². The zero-order chi connectivity index (χ0) is 15.2. The molecule has 110 valence electrons. The molecular weight excluding hydrogens is 295 g/mol. The Morgan fingerprint density at radius 2 is 1.95 bits per heavy atom. The van der Waals surface area contributed by atoms with E-state index in [4.69, 9.17) is 22.1 Å². The van der Waals surface area contributed by atoms with Crippen molar-refractivity contribution in [3.05, 3.63) is 53.3 Å². The minimum Gasteiger partial charge on any atom is -0.493 e. The number of halogens is 2. The minimum absolute atomic E-state index is 0.0943. The number of amides is 1. The number of carbonyl (C=O) groups is 1. The molecule has 0 saturated carbocycles. The van der Waals surface area contributed by atoms with Crippen LogP contribution in [0.5, 0.6) is 5.75 Å². The van der Waals surface area contributed by atoms with Crippen LogP contribution < -0.4 is 15.8 Å². The van der Waals surface area contributed by atoms with Gasteiger partial charge in [0.05, 0.1) is 18.7 Å². The fraction of sp³-hybridized carbons (Fsp3) is 0.133. The van der Waals surface area contributed by atoms with Gasteiger partial charge in [-0.2, -0.15) is 0 Å². The van der Waals surface area contributed by atoms with Gasteiger partial charge in [-0.25, -0.2) is 4.39 Å². The van der Waals surface area contributed by atoms with Crippen LogP contribution in [0.1, 0.15) is 6.42 Å². The van der Waals surface area contributed by atoms with E-state index in [9.17, 15) is 9.18 Å². The second-order valence-electron chi connectivity index (χ2n) is 4.34. The van der Waals surface area contributed by atoms with E-state index in [0.717, 1.165) is 6.07 Å². The summed E-state index contributed by atoms with van der Waals surface area (Å²) >= 11 is 5.63. The number of benzene rings is 2. The lowest BCUT2D eigenvalue weighted by atomic mass is 10.3. The van der Waals surface area contributed by atoms with Crippen LogP contribution in [0.25, 0.3) is 0 Å². The average molecular weight is 309 g/mol. The van der Waals surface area contributed by atoms with Crippen molar-refractivity contribution in [1.82, 2.24) is 0 Å². The highest BCUT2D eigenvalue weighted by Crippen LogP contribution is 2.19. The first-order valence-electron chi connectivity index (χ1n) is 6.28. The van der Waals surface area contributed by atoms with Crippen molar-refractivity contribution in [2.45, 2.75) is 6.42 Å². The van der Waals surface area contributed by atoms with Gasteiger partial charge in [0.2, 0.25) is 5.91 Å². The van der Waals surface area contributed by atoms with Crippen LogP contribution >= 0.6 is 11.6 Å². The van der Waals surface area contributed by atoms with E-state index >= 15 is 0 Å². The number of nitrogen functional groups attached to an aromatic ring is 1. The molecule has 6 heteroatoms. The molecule has 0 aliphatic rings. The number of anilines is 2. The van der Waals surface area contributed by atoms with Gasteiger partial charge in [0.25, 0.3) is 0 Å². The molecule has 0 aliphatic heterocycles. The molecule has 0 unspecified atom stereocenters. The lowest BCUT2D eigenvalue weighted by molar-refractivity contribution is -0.116. The van der Waals surface area contributed by atoms with Crippen molar-refractivity contribution in [1.29, 1.82) is 0 Å². The van der Waals surface area contributed by atoms with Gasteiger partial charge < -0.3 is 15.8 Å². The molecule has 2 aromatic carbocycles. The van der Waals surface area contributed by atoms with Crippen molar-refractivity contribution in [2.75, 3.05) is 17.7 Å². The standard InChI is InChI=1S/C15H14ClFN2O2/c16-10-1-6-14(13(17)9-10)19-15(20)7-8-21-12-4-2-11(18)3-5-12/h1-6,9H,7-8,18H2,(H,19,20). The summed E-state index contributed by atoms with van der Waals surface area (Å²) < 4.78 is 18.9. The smallest absolute Gasteiger partial charge is 0.227 e. The normalized spacial score (nSPS) is 10.2. The number of hydrogen-bond donors (Lipinski definition) is 2. The Morgan fingerprint density at radius 3 is 2.62 bits per heavy atom. The Bertz CT molecular complexity index is 632. The predicted octanol–water partition coefficient (Wildman–Crippen LogP) is 3.47. The van der Waals surface area contributed by atoms with Crippen molar-refractivity contribution < 1.29 is 13.9 Å². The maximum Gasteiger partial charge on any atom is 0.227 e. The molecule has 0 saturated heterocycles. The molecule has 21 heavy (non-hydrogen) atoms. The van der Waals surface area contributed by atoms with E-state index in [-0.39, 0.29) is 29.6 Å². The van der Waals surface area contributed by atoms with E-state index in [0.29, 0.717) is 11.4 Å². The molecule has 2 rings (SSSR count). The molecule has 0 radical (unpaired) electrons. The SMILES string of the molecule is Nc1ccc(OCCC(=O)Nc2ccc(Cl)cc2F)cc1. The van der Waals surface area contributed by atoms with Crippen molar-refractivity contribution in [3.8, 4) is 5.75 Å². The number of hydrogen-bond acceptors (Lipinski definition) is 3. The lowest BCUT2D eigenvalue weighted by Crippen LogP contribution is -2.16. The second-order valence-corrected chi connectivity index (χ2v) is 4.78. The Hall–Kier alpha value is -2.27. The molecule has 0 fully saturated rings. The zero-order valence-electron chi connectivity index (χ0n) is 11.1. The van der Waals surface area contributed by atoms with E-state index in [2.05, 4.69) is 5.32 Å². The maximum atomic E-state index is 13.5. The summed E-state index contributed by atoms with van der Waals surface area (Å²) in [5, 5.41) is 2.74. The monoisotopic (exact) mass is 308 g/mol. The fourth-order valence-corrected chi connectivity index (χ4v) is 1.79. The van der Waals surface area contributed by atoms with Gasteiger partial charge in [0, 0.05) is 10.7 Å². The number of nitrogens with one attached hydrogen (secondary N) is 1. The van der Waals surface area contributed by atoms with E-state index < -0.39 is 5.82 Å². The molecule has 4 nitrogen and oxygen atoms in total. The van der Waals surface area contributed by atoms with Crippen LogP contribution in [0, 0.1) is 5.82 Å². The highest BCUT2D eigenvalue weighted by atomic mass is 35.5. The Balaban J connectivity index is 1.81. The van der Waals surface area contributed by atoms with Crippen LogP contribution in [-0.4, -0.2) is 12.5 Å². The first-order valence-corrected chi connectivity index (χ1v) is 6.65. The van der Waals surface area contributed by atoms with Crippen LogP contribution in [0.15, 0.2) is 42.5 Å². The van der Waals surface area contributed by atoms with Gasteiger partial charge in [-0.05, 0) is 42.5 Å². The maximum absolute atomic E-state index is 13.5. The van der Waals surface area contributed by atoms with Crippen LogP contribution in [0.2, 0.25) is 5.02 Å². The summed E-state index contributed by atoms with van der Waals surface area (Å²) in [5.74, 6) is -0.295. The first-order chi connectivity index (χ1) is 10.0. The molecule has 0 spiro atoms. The summed E-state index contributed by atoms with van der Waals surface area (Å²) in [6, 6.07) is 10.9. The third-order valence-corrected chi connectivity index (χ3v) is 2.92. The average Bonchev–Trinajstić information content (AvgIpc) is 2.44. The molecular formula is C15H14ClFN2O2. The third-order valence-electron chi connectivity index (χ3n) is 2.68. The van der Waals surface area contributed by atoms with Gasteiger partial charge >= 0.3 is 0 Å². The summed E-state index contributed by atoms with van der Waals surface area (Å²) in [7, 11) is 0. The molecule has 0 bridgehead atoms. The molecule has 0 aromatic heterocycles. The van der Waals surface area contributed by atoms with Gasteiger partial charge in [-0.1, -0.05) is 11.6 Å².